The van der Waals surface area contributed by atoms with Crippen molar-refractivity contribution in [2.45, 2.75) is 6.54 Å². The van der Waals surface area contributed by atoms with Crippen molar-refractivity contribution in [1.29, 1.82) is 0 Å². The summed E-state index contributed by atoms with van der Waals surface area (Å²) in [7, 11) is 3.06. The molecule has 4 amide bonds. The summed E-state index contributed by atoms with van der Waals surface area (Å²) in [6.45, 7) is 3.42. The second-order valence-corrected chi connectivity index (χ2v) is 9.07. The molecular weight excluding hydrogens is 543 g/mol. The number of ether oxygens (including phenoxy) is 1. The van der Waals surface area contributed by atoms with Crippen LogP contribution in [0.3, 0.4) is 0 Å². The monoisotopic (exact) mass is 568 g/mol. The first-order valence-electron chi connectivity index (χ1n) is 12.6. The molecule has 1 aliphatic heterocycles. The van der Waals surface area contributed by atoms with Gasteiger partial charge in [0, 0.05) is 37.7 Å². The van der Waals surface area contributed by atoms with E-state index in [0.29, 0.717) is 28.6 Å². The average Bonchev–Trinajstić information content (AvgIpc) is 2.99. The zero-order chi connectivity index (χ0) is 29.8. The average molecular weight is 569 g/mol. The van der Waals surface area contributed by atoms with E-state index in [1.165, 1.54) is 29.1 Å². The molecule has 4 aromatic rings. The van der Waals surface area contributed by atoms with Gasteiger partial charge in [-0.2, -0.15) is 14.4 Å². The van der Waals surface area contributed by atoms with E-state index in [4.69, 9.17) is 4.74 Å². The number of nitrogens with zero attached hydrogens (tertiary/aromatic N) is 5. The molecule has 0 fully saturated rings. The van der Waals surface area contributed by atoms with E-state index < -0.39 is 17.9 Å². The summed E-state index contributed by atoms with van der Waals surface area (Å²) in [6, 6.07) is 15.9. The molecule has 3 N–H and O–H groups in total. The van der Waals surface area contributed by atoms with Gasteiger partial charge in [-0.3, -0.25) is 14.6 Å². The molecule has 5 rings (SSSR count). The number of nitrogens with one attached hydrogen (secondary N) is 3. The van der Waals surface area contributed by atoms with Gasteiger partial charge in [-0.05, 0) is 54.6 Å². The minimum absolute atomic E-state index is 0.0215. The number of amides is 4. The Kier molecular flexibility index (Phi) is 7.73. The van der Waals surface area contributed by atoms with Gasteiger partial charge in [-0.15, -0.1) is 0 Å². The number of aromatic nitrogens is 3. The number of hydrogen-bond donors (Lipinski definition) is 3. The third-order valence-electron chi connectivity index (χ3n) is 6.15. The number of benzene rings is 2. The lowest BCUT2D eigenvalue weighted by atomic mass is 10.2. The van der Waals surface area contributed by atoms with E-state index in [9.17, 15) is 14.4 Å². The third kappa shape index (κ3) is 5.84. The Labute approximate surface area is 239 Å². The van der Waals surface area contributed by atoms with Crippen molar-refractivity contribution in [3.05, 3.63) is 96.7 Å². The lowest BCUT2D eigenvalue weighted by molar-refractivity contribution is -0.111. The van der Waals surface area contributed by atoms with Crippen LogP contribution in [-0.4, -0.2) is 51.8 Å². The van der Waals surface area contributed by atoms with Gasteiger partial charge in [0.25, 0.3) is 5.91 Å². The van der Waals surface area contributed by atoms with Crippen LogP contribution in [0, 0.1) is 5.95 Å². The maximum Gasteiger partial charge on any atom is 0.330 e. The van der Waals surface area contributed by atoms with Gasteiger partial charge >= 0.3 is 6.03 Å². The molecule has 2 aromatic carbocycles. The highest BCUT2D eigenvalue weighted by atomic mass is 19.1. The molecule has 1 aliphatic rings. The minimum Gasteiger partial charge on any atom is -0.457 e. The number of rotatable bonds is 8. The molecule has 0 bridgehead atoms. The zero-order valence-corrected chi connectivity index (χ0v) is 22.6. The van der Waals surface area contributed by atoms with Crippen molar-refractivity contribution < 1.29 is 23.5 Å². The van der Waals surface area contributed by atoms with Crippen LogP contribution in [0.15, 0.2) is 79.5 Å². The summed E-state index contributed by atoms with van der Waals surface area (Å²) in [6.07, 6.45) is 2.60. The molecule has 3 heterocycles. The highest BCUT2D eigenvalue weighted by Gasteiger charge is 2.34. The zero-order valence-electron chi connectivity index (χ0n) is 22.6. The summed E-state index contributed by atoms with van der Waals surface area (Å²) in [4.78, 5) is 51.9. The van der Waals surface area contributed by atoms with E-state index in [1.54, 1.807) is 61.6 Å². The lowest BCUT2D eigenvalue weighted by Crippen LogP contribution is -2.43. The Morgan fingerprint density at radius 3 is 2.57 bits per heavy atom. The van der Waals surface area contributed by atoms with Gasteiger partial charge in [-0.1, -0.05) is 12.6 Å². The number of urea groups is 1. The van der Waals surface area contributed by atoms with Crippen LogP contribution in [0.25, 0.3) is 0 Å². The number of halogens is 1. The van der Waals surface area contributed by atoms with E-state index in [-0.39, 0.29) is 35.5 Å². The van der Waals surface area contributed by atoms with Gasteiger partial charge in [0.15, 0.2) is 5.82 Å². The molecule has 42 heavy (non-hydrogen) atoms. The summed E-state index contributed by atoms with van der Waals surface area (Å²) < 4.78 is 21.1. The maximum absolute atomic E-state index is 15.3. The van der Waals surface area contributed by atoms with E-state index in [0.717, 1.165) is 6.08 Å². The Balaban J connectivity index is 1.40. The van der Waals surface area contributed by atoms with Gasteiger partial charge in [0.2, 0.25) is 17.8 Å². The van der Waals surface area contributed by atoms with E-state index in [1.807, 2.05) is 0 Å². The second kappa shape index (κ2) is 11.7. The normalized spacial score (nSPS) is 12.3. The van der Waals surface area contributed by atoms with Gasteiger partial charge in [0.05, 0.1) is 17.8 Å². The number of carbonyl (C=O) groups excluding carboxylic acids is 3. The summed E-state index contributed by atoms with van der Waals surface area (Å²) >= 11 is 0. The summed E-state index contributed by atoms with van der Waals surface area (Å²) in [5, 5.41) is 8.12. The summed E-state index contributed by atoms with van der Waals surface area (Å²) in [5.74, 6) is -0.626. The van der Waals surface area contributed by atoms with E-state index in [2.05, 4.69) is 37.5 Å². The number of fused-ring (bicyclic) bond motifs is 1. The van der Waals surface area contributed by atoms with Crippen LogP contribution in [-0.2, 0) is 11.3 Å². The Hall–Kier alpha value is -5.85. The molecule has 212 valence electrons. The Morgan fingerprint density at radius 2 is 1.83 bits per heavy atom. The number of carbonyl (C=O) groups is 3. The van der Waals surface area contributed by atoms with E-state index >= 15 is 4.39 Å². The van der Waals surface area contributed by atoms with Crippen LogP contribution in [0.5, 0.6) is 11.5 Å². The predicted molar refractivity (Wildman–Crippen MR) is 154 cm³/mol. The molecule has 2 aromatic heterocycles. The van der Waals surface area contributed by atoms with Crippen LogP contribution < -0.4 is 25.6 Å². The molecule has 12 nitrogen and oxygen atoms in total. The third-order valence-corrected chi connectivity index (χ3v) is 6.15. The SMILES string of the molecule is C=CC(=O)Nc1cccc(N2C(=O)N(C)Cc3c(F)nc(Nc4ccc(Oc5ccnc(C(=O)NC)c5)cc4)nc32)c1. The molecule has 0 unspecified atom stereocenters. The van der Waals surface area contributed by atoms with Crippen molar-refractivity contribution in [1.82, 2.24) is 25.2 Å². The molecule has 0 saturated carbocycles. The lowest BCUT2D eigenvalue weighted by Gasteiger charge is -2.34. The van der Waals surface area contributed by atoms with Crippen molar-refractivity contribution in [2.24, 2.45) is 0 Å². The quantitative estimate of drug-likeness (QED) is 0.205. The fraction of sp³-hybridized carbons (Fsp3) is 0.103. The van der Waals surface area contributed by atoms with Crippen molar-refractivity contribution >= 4 is 46.7 Å². The van der Waals surface area contributed by atoms with Gasteiger partial charge < -0.3 is 25.6 Å². The highest BCUT2D eigenvalue weighted by Crippen LogP contribution is 2.36. The Bertz CT molecular complexity index is 1700. The fourth-order valence-corrected chi connectivity index (χ4v) is 4.14. The van der Waals surface area contributed by atoms with Crippen LogP contribution in [0.2, 0.25) is 0 Å². The standard InChI is InChI=1S/C29H25FN8O4/c1-4-24(39)33-18-6-5-7-19(14-18)38-26-22(16-37(3)29(38)41)25(30)35-28(36-26)34-17-8-10-20(11-9-17)42-21-12-13-32-23(15-21)27(40)31-2/h4-15H,1,16H2,2-3H3,(H,31,40)(H,33,39)(H,34,35,36). The smallest absolute Gasteiger partial charge is 0.330 e. The first kappa shape index (κ1) is 27.7. The molecule has 0 radical (unpaired) electrons. The number of pyridine rings is 1. The molecular formula is C29H25FN8O4. The summed E-state index contributed by atoms with van der Waals surface area (Å²) in [5.41, 5.74) is 1.68. The van der Waals surface area contributed by atoms with Gasteiger partial charge in [-0.25, -0.2) is 9.69 Å². The number of anilines is 5. The molecule has 0 aliphatic carbocycles. The topological polar surface area (TPSA) is 142 Å². The number of hydrogen-bond acceptors (Lipinski definition) is 8. The highest BCUT2D eigenvalue weighted by molar-refractivity contribution is 6.03. The molecule has 13 heteroatoms. The largest absolute Gasteiger partial charge is 0.457 e. The van der Waals surface area contributed by atoms with Crippen molar-refractivity contribution in [3.8, 4) is 11.5 Å². The second-order valence-electron chi connectivity index (χ2n) is 9.07. The predicted octanol–water partition coefficient (Wildman–Crippen LogP) is 4.73. The van der Waals surface area contributed by atoms with Gasteiger partial charge in [0.1, 0.15) is 17.2 Å². The fourth-order valence-electron chi connectivity index (χ4n) is 4.14. The van der Waals surface area contributed by atoms with Crippen LogP contribution >= 0.6 is 0 Å². The van der Waals surface area contributed by atoms with Crippen molar-refractivity contribution in [2.75, 3.05) is 29.6 Å². The van der Waals surface area contributed by atoms with Crippen molar-refractivity contribution in [3.63, 3.8) is 0 Å². The molecule has 0 atom stereocenters. The van der Waals surface area contributed by atoms with Crippen LogP contribution in [0.4, 0.5) is 38.0 Å². The Morgan fingerprint density at radius 1 is 1.05 bits per heavy atom. The maximum atomic E-state index is 15.3. The first-order valence-corrected chi connectivity index (χ1v) is 12.6. The molecule has 0 spiro atoms. The molecule has 0 saturated heterocycles. The van der Waals surface area contributed by atoms with Crippen LogP contribution in [0.1, 0.15) is 16.1 Å². The first-order chi connectivity index (χ1) is 20.2. The minimum atomic E-state index is -0.785.